The number of para-hydroxylation sites is 1. The van der Waals surface area contributed by atoms with Crippen molar-refractivity contribution in [3.8, 4) is 11.1 Å². The Hall–Kier alpha value is -3.25. The van der Waals surface area contributed by atoms with Crippen molar-refractivity contribution in [1.29, 1.82) is 0 Å². The van der Waals surface area contributed by atoms with Crippen LogP contribution >= 0.6 is 0 Å². The van der Waals surface area contributed by atoms with E-state index in [-0.39, 0.29) is 6.09 Å². The monoisotopic (exact) mass is 514 g/mol. The number of hydrogen-bond donors (Lipinski definition) is 0. The van der Waals surface area contributed by atoms with E-state index in [9.17, 15) is 13.6 Å². The number of anilines is 1. The number of amides is 1. The summed E-state index contributed by atoms with van der Waals surface area (Å²) >= 11 is 0. The van der Waals surface area contributed by atoms with Crippen molar-refractivity contribution < 1.29 is 18.3 Å². The molecular weight excluding hydrogens is 482 g/mol. The van der Waals surface area contributed by atoms with Crippen LogP contribution in [0.3, 0.4) is 0 Å². The van der Waals surface area contributed by atoms with Crippen LogP contribution in [0.5, 0.6) is 0 Å². The summed E-state index contributed by atoms with van der Waals surface area (Å²) in [5, 5.41) is 0. The zero-order chi connectivity index (χ0) is 25.9. The fraction of sp³-hybridized carbons (Fsp3) is 0.406. The highest BCUT2D eigenvalue weighted by Crippen LogP contribution is 2.51. The smallest absolute Gasteiger partial charge is 0.415 e. The van der Waals surface area contributed by atoms with Gasteiger partial charge in [-0.2, -0.15) is 0 Å². The van der Waals surface area contributed by atoms with Crippen LogP contribution in [0.1, 0.15) is 67.1 Å². The molecule has 4 fully saturated rings. The normalized spacial score (nSPS) is 21.2. The SMILES string of the molecule is O=C1OC2(CCN(Cc3cc(C4CC4)c(-c4ccc(F)c(F)c4)c(C4CC4)c3)CC2)CN1c1ccccc1. The van der Waals surface area contributed by atoms with Crippen LogP contribution in [0.2, 0.25) is 0 Å². The molecule has 3 aromatic rings. The number of carbonyl (C=O) groups is 1. The Morgan fingerprint density at radius 1 is 0.842 bits per heavy atom. The van der Waals surface area contributed by atoms with Gasteiger partial charge in [0.25, 0.3) is 0 Å². The summed E-state index contributed by atoms with van der Waals surface area (Å²) in [5.41, 5.74) is 6.29. The van der Waals surface area contributed by atoms with E-state index in [4.69, 9.17) is 4.74 Å². The number of nitrogens with zero attached hydrogens (tertiary/aromatic N) is 2. The van der Waals surface area contributed by atoms with E-state index in [1.165, 1.54) is 28.8 Å². The van der Waals surface area contributed by atoms with Crippen molar-refractivity contribution in [3.05, 3.63) is 89.0 Å². The van der Waals surface area contributed by atoms with E-state index < -0.39 is 17.2 Å². The second-order valence-corrected chi connectivity index (χ2v) is 11.6. The summed E-state index contributed by atoms with van der Waals surface area (Å²) < 4.78 is 33.9. The molecule has 2 aliphatic heterocycles. The van der Waals surface area contributed by atoms with E-state index in [2.05, 4.69) is 17.0 Å². The number of ether oxygens (including phenoxy) is 1. The molecule has 7 rings (SSSR count). The number of piperidine rings is 1. The standard InChI is InChI=1S/C32H32F2N2O2/c33-28-11-10-24(18-29(28)34)30-26(22-6-7-22)16-21(17-27(30)23-8-9-23)19-35-14-12-32(13-15-35)20-36(31(37)38-32)25-4-2-1-3-5-25/h1-5,10-11,16-18,22-23H,6-9,12-15,19-20H2. The van der Waals surface area contributed by atoms with Crippen LogP contribution in [-0.4, -0.2) is 36.2 Å². The van der Waals surface area contributed by atoms with Crippen LogP contribution in [-0.2, 0) is 11.3 Å². The number of halogens is 2. The van der Waals surface area contributed by atoms with Gasteiger partial charge in [0.05, 0.1) is 6.54 Å². The second kappa shape index (κ2) is 9.19. The number of rotatable bonds is 6. The lowest BCUT2D eigenvalue weighted by Crippen LogP contribution is -2.46. The number of hydrogen-bond acceptors (Lipinski definition) is 3. The lowest BCUT2D eigenvalue weighted by atomic mass is 9.87. The Labute approximate surface area is 222 Å². The van der Waals surface area contributed by atoms with Gasteiger partial charge in [-0.1, -0.05) is 36.4 Å². The minimum atomic E-state index is -0.797. The molecular formula is C32H32F2N2O2. The highest BCUT2D eigenvalue weighted by atomic mass is 19.2. The Bertz CT molecular complexity index is 1340. The molecule has 2 heterocycles. The van der Waals surface area contributed by atoms with Crippen LogP contribution in [0.4, 0.5) is 19.3 Å². The van der Waals surface area contributed by atoms with Crippen molar-refractivity contribution in [1.82, 2.24) is 4.90 Å². The molecule has 38 heavy (non-hydrogen) atoms. The third-order valence-electron chi connectivity index (χ3n) is 8.71. The van der Waals surface area contributed by atoms with Gasteiger partial charge in [-0.15, -0.1) is 0 Å². The van der Waals surface area contributed by atoms with E-state index in [0.717, 1.165) is 75.0 Å². The van der Waals surface area contributed by atoms with E-state index in [1.54, 1.807) is 11.0 Å². The summed E-state index contributed by atoms with van der Waals surface area (Å²) in [5.74, 6) is -0.575. The molecule has 1 spiro atoms. The molecule has 0 N–H and O–H groups in total. The summed E-state index contributed by atoms with van der Waals surface area (Å²) in [6, 6.07) is 18.7. The molecule has 0 radical (unpaired) electrons. The molecule has 4 aliphatic rings. The van der Waals surface area contributed by atoms with Gasteiger partial charge >= 0.3 is 6.09 Å². The zero-order valence-corrected chi connectivity index (χ0v) is 21.5. The molecule has 1 amide bonds. The first-order valence-electron chi connectivity index (χ1n) is 13.9. The summed E-state index contributed by atoms with van der Waals surface area (Å²) in [7, 11) is 0. The molecule has 2 aliphatic carbocycles. The number of benzene rings is 3. The van der Waals surface area contributed by atoms with E-state index in [0.29, 0.717) is 18.4 Å². The summed E-state index contributed by atoms with van der Waals surface area (Å²) in [6.45, 7) is 3.20. The molecule has 0 aromatic heterocycles. The summed E-state index contributed by atoms with van der Waals surface area (Å²) in [6.07, 6.45) is 6.00. The molecule has 196 valence electrons. The lowest BCUT2D eigenvalue weighted by molar-refractivity contribution is -0.000980. The van der Waals surface area contributed by atoms with Crippen molar-refractivity contribution in [3.63, 3.8) is 0 Å². The molecule has 0 atom stereocenters. The molecule has 6 heteroatoms. The fourth-order valence-corrected chi connectivity index (χ4v) is 6.33. The van der Waals surface area contributed by atoms with Crippen LogP contribution in [0.15, 0.2) is 60.7 Å². The molecule has 2 saturated heterocycles. The van der Waals surface area contributed by atoms with E-state index in [1.807, 2.05) is 30.3 Å². The third-order valence-corrected chi connectivity index (χ3v) is 8.71. The van der Waals surface area contributed by atoms with Gasteiger partial charge in [-0.05, 0) is 89.6 Å². The highest BCUT2D eigenvalue weighted by molar-refractivity contribution is 5.90. The first-order chi connectivity index (χ1) is 18.5. The Morgan fingerprint density at radius 3 is 2.11 bits per heavy atom. The van der Waals surface area contributed by atoms with Gasteiger partial charge in [0.2, 0.25) is 0 Å². The number of carbonyl (C=O) groups excluding carboxylic acids is 1. The van der Waals surface area contributed by atoms with Crippen LogP contribution < -0.4 is 4.90 Å². The van der Waals surface area contributed by atoms with Gasteiger partial charge in [-0.25, -0.2) is 13.6 Å². The Kier molecular flexibility index (Phi) is 5.77. The van der Waals surface area contributed by atoms with Crippen molar-refractivity contribution >= 4 is 11.8 Å². The largest absolute Gasteiger partial charge is 0.441 e. The van der Waals surface area contributed by atoms with Gasteiger partial charge in [-0.3, -0.25) is 9.80 Å². The Morgan fingerprint density at radius 2 is 1.50 bits per heavy atom. The first kappa shape index (κ1) is 23.8. The molecule has 4 nitrogen and oxygen atoms in total. The second-order valence-electron chi connectivity index (χ2n) is 11.6. The minimum absolute atomic E-state index is 0.249. The zero-order valence-electron chi connectivity index (χ0n) is 21.5. The van der Waals surface area contributed by atoms with Gasteiger partial charge < -0.3 is 4.74 Å². The maximum absolute atomic E-state index is 14.2. The topological polar surface area (TPSA) is 32.8 Å². The third kappa shape index (κ3) is 4.49. The molecule has 0 unspecified atom stereocenters. The van der Waals surface area contributed by atoms with Crippen molar-refractivity contribution in [2.45, 2.75) is 62.5 Å². The number of likely N-dealkylation sites (tertiary alicyclic amines) is 1. The quantitative estimate of drug-likeness (QED) is 0.344. The molecule has 2 saturated carbocycles. The van der Waals surface area contributed by atoms with E-state index >= 15 is 0 Å². The average Bonchev–Trinajstić information content (AvgIpc) is 3.85. The van der Waals surface area contributed by atoms with Crippen LogP contribution in [0.25, 0.3) is 11.1 Å². The van der Waals surface area contributed by atoms with Crippen molar-refractivity contribution in [2.75, 3.05) is 24.5 Å². The van der Waals surface area contributed by atoms with Gasteiger partial charge in [0, 0.05) is 38.2 Å². The molecule has 0 bridgehead atoms. The summed E-state index contributed by atoms with van der Waals surface area (Å²) in [4.78, 5) is 16.9. The molecule has 3 aromatic carbocycles. The maximum atomic E-state index is 14.2. The maximum Gasteiger partial charge on any atom is 0.415 e. The minimum Gasteiger partial charge on any atom is -0.441 e. The average molecular weight is 515 g/mol. The van der Waals surface area contributed by atoms with Crippen molar-refractivity contribution in [2.24, 2.45) is 0 Å². The van der Waals surface area contributed by atoms with Gasteiger partial charge in [0.15, 0.2) is 11.6 Å². The lowest BCUT2D eigenvalue weighted by Gasteiger charge is -2.37. The predicted molar refractivity (Wildman–Crippen MR) is 143 cm³/mol. The highest BCUT2D eigenvalue weighted by Gasteiger charge is 2.47. The predicted octanol–water partition coefficient (Wildman–Crippen LogP) is 7.38. The van der Waals surface area contributed by atoms with Crippen LogP contribution in [0, 0.1) is 11.6 Å². The first-order valence-corrected chi connectivity index (χ1v) is 13.9. The van der Waals surface area contributed by atoms with Gasteiger partial charge in [0.1, 0.15) is 5.60 Å². The Balaban J connectivity index is 1.11. The fourth-order valence-electron chi connectivity index (χ4n) is 6.33.